The van der Waals surface area contributed by atoms with Crippen LogP contribution in [0.2, 0.25) is 0 Å². The van der Waals surface area contributed by atoms with Crippen LogP contribution in [0.5, 0.6) is 0 Å². The quantitative estimate of drug-likeness (QED) is 0.791. The van der Waals surface area contributed by atoms with Crippen LogP contribution in [-0.4, -0.2) is 56.3 Å². The summed E-state index contributed by atoms with van der Waals surface area (Å²) >= 11 is 0. The second-order valence-corrected chi connectivity index (χ2v) is 9.71. The molecule has 6 nitrogen and oxygen atoms in total. The third-order valence-electron chi connectivity index (χ3n) is 6.02. The topological polar surface area (TPSA) is 69.7 Å². The lowest BCUT2D eigenvalue weighted by molar-refractivity contribution is -0.118. The molecule has 0 atom stereocenters. The smallest absolute Gasteiger partial charge is 0.243 e. The van der Waals surface area contributed by atoms with E-state index in [1.807, 2.05) is 30.3 Å². The van der Waals surface area contributed by atoms with Gasteiger partial charge >= 0.3 is 0 Å². The summed E-state index contributed by atoms with van der Waals surface area (Å²) in [5, 5.41) is 2.94. The number of sulfonamides is 1. The second kappa shape index (κ2) is 7.89. The molecule has 2 aliphatic rings. The molecule has 4 rings (SSSR count). The summed E-state index contributed by atoms with van der Waals surface area (Å²) in [6.45, 7) is 5.47. The van der Waals surface area contributed by atoms with Gasteiger partial charge < -0.3 is 10.2 Å². The van der Waals surface area contributed by atoms with Gasteiger partial charge in [-0.1, -0.05) is 43.3 Å². The lowest BCUT2D eigenvalue weighted by Gasteiger charge is -2.33. The molecule has 2 aromatic rings. The Morgan fingerprint density at radius 2 is 1.69 bits per heavy atom. The van der Waals surface area contributed by atoms with Crippen LogP contribution in [0.25, 0.3) is 0 Å². The standard InChI is InChI=1S/C22H27N3O3S/c1-2-24-13-15-25(16-14-24)29(27,28)20-10-6-9-19(17-20)23-21(26)22(11-12-22)18-7-4-3-5-8-18/h3-10,17H,2,11-16H2,1H3,(H,23,26). The molecule has 0 spiro atoms. The summed E-state index contributed by atoms with van der Waals surface area (Å²) in [7, 11) is -3.57. The Bertz CT molecular complexity index is 979. The summed E-state index contributed by atoms with van der Waals surface area (Å²) in [6, 6.07) is 16.4. The number of amides is 1. The van der Waals surface area contributed by atoms with Crippen LogP contribution < -0.4 is 5.32 Å². The van der Waals surface area contributed by atoms with E-state index >= 15 is 0 Å². The van der Waals surface area contributed by atoms with Gasteiger partial charge in [0, 0.05) is 31.9 Å². The summed E-state index contributed by atoms with van der Waals surface area (Å²) in [5.74, 6) is -0.0743. The summed E-state index contributed by atoms with van der Waals surface area (Å²) in [5.41, 5.74) is 1.03. The Labute approximate surface area is 172 Å². The van der Waals surface area contributed by atoms with Crippen molar-refractivity contribution in [1.82, 2.24) is 9.21 Å². The fraction of sp³-hybridized carbons (Fsp3) is 0.409. The molecule has 154 valence electrons. The Hall–Kier alpha value is -2.22. The molecule has 1 N–H and O–H groups in total. The number of nitrogens with one attached hydrogen (secondary N) is 1. The van der Waals surface area contributed by atoms with Crippen LogP contribution in [0.4, 0.5) is 5.69 Å². The summed E-state index contributed by atoms with van der Waals surface area (Å²) in [6.07, 6.45) is 1.62. The molecule has 29 heavy (non-hydrogen) atoms. The van der Waals surface area contributed by atoms with Crippen LogP contribution in [0.15, 0.2) is 59.5 Å². The van der Waals surface area contributed by atoms with Crippen molar-refractivity contribution in [3.8, 4) is 0 Å². The van der Waals surface area contributed by atoms with E-state index in [1.165, 1.54) is 4.31 Å². The fourth-order valence-corrected chi connectivity index (χ4v) is 5.42. The van der Waals surface area contributed by atoms with E-state index in [9.17, 15) is 13.2 Å². The summed E-state index contributed by atoms with van der Waals surface area (Å²) in [4.78, 5) is 15.4. The van der Waals surface area contributed by atoms with Gasteiger partial charge in [0.05, 0.1) is 10.3 Å². The molecule has 1 aliphatic carbocycles. The maximum atomic E-state index is 13.0. The first-order chi connectivity index (χ1) is 14.0. The zero-order chi connectivity index (χ0) is 20.5. The van der Waals surface area contributed by atoms with E-state index in [2.05, 4.69) is 17.1 Å². The molecule has 0 radical (unpaired) electrons. The van der Waals surface area contributed by atoms with Crippen molar-refractivity contribution >= 4 is 21.6 Å². The molecule has 0 aromatic heterocycles. The molecule has 7 heteroatoms. The molecular weight excluding hydrogens is 386 g/mol. The molecule has 2 fully saturated rings. The molecule has 0 bridgehead atoms. The number of likely N-dealkylation sites (N-methyl/N-ethyl adjacent to an activating group) is 1. The minimum Gasteiger partial charge on any atom is -0.325 e. The normalized spacial score (nSPS) is 19.6. The molecule has 1 saturated carbocycles. The third kappa shape index (κ3) is 3.95. The zero-order valence-electron chi connectivity index (χ0n) is 16.7. The van der Waals surface area contributed by atoms with Crippen LogP contribution >= 0.6 is 0 Å². The second-order valence-electron chi connectivity index (χ2n) is 7.77. The molecule has 1 heterocycles. The van der Waals surface area contributed by atoms with Crippen LogP contribution in [0, 0.1) is 0 Å². The van der Waals surface area contributed by atoms with Crippen molar-refractivity contribution in [2.24, 2.45) is 0 Å². The van der Waals surface area contributed by atoms with Crippen LogP contribution in [0.1, 0.15) is 25.3 Å². The first kappa shape index (κ1) is 20.1. The van der Waals surface area contributed by atoms with Crippen LogP contribution in [0.3, 0.4) is 0 Å². The van der Waals surface area contributed by atoms with E-state index in [0.29, 0.717) is 18.8 Å². The SMILES string of the molecule is CCN1CCN(S(=O)(=O)c2cccc(NC(=O)C3(c4ccccc4)CC3)c2)CC1. The van der Waals surface area contributed by atoms with E-state index in [4.69, 9.17) is 0 Å². The summed E-state index contributed by atoms with van der Waals surface area (Å²) < 4.78 is 27.6. The number of piperazine rings is 1. The van der Waals surface area contributed by atoms with Gasteiger partial charge in [0.25, 0.3) is 0 Å². The van der Waals surface area contributed by atoms with Crippen molar-refractivity contribution < 1.29 is 13.2 Å². The van der Waals surface area contributed by atoms with Gasteiger partial charge in [-0.3, -0.25) is 4.79 Å². The lowest BCUT2D eigenvalue weighted by atomic mass is 9.95. The number of hydrogen-bond acceptors (Lipinski definition) is 4. The van der Waals surface area contributed by atoms with E-state index < -0.39 is 15.4 Å². The van der Waals surface area contributed by atoms with Gasteiger partial charge in [0.15, 0.2) is 0 Å². The Balaban J connectivity index is 1.50. The number of anilines is 1. The van der Waals surface area contributed by atoms with E-state index in [1.54, 1.807) is 24.3 Å². The number of hydrogen-bond donors (Lipinski definition) is 1. The highest BCUT2D eigenvalue weighted by Crippen LogP contribution is 2.48. The van der Waals surface area contributed by atoms with Gasteiger partial charge in [0.1, 0.15) is 0 Å². The minimum absolute atomic E-state index is 0.0743. The predicted octanol–water partition coefficient (Wildman–Crippen LogP) is 2.68. The highest BCUT2D eigenvalue weighted by Gasteiger charge is 2.51. The molecule has 0 unspecified atom stereocenters. The first-order valence-corrected chi connectivity index (χ1v) is 11.6. The van der Waals surface area contributed by atoms with E-state index in [-0.39, 0.29) is 10.8 Å². The van der Waals surface area contributed by atoms with Gasteiger partial charge in [-0.2, -0.15) is 4.31 Å². The predicted molar refractivity (Wildman–Crippen MR) is 113 cm³/mol. The van der Waals surface area contributed by atoms with Crippen molar-refractivity contribution in [2.75, 3.05) is 38.0 Å². The van der Waals surface area contributed by atoms with Crippen molar-refractivity contribution in [2.45, 2.75) is 30.1 Å². The Morgan fingerprint density at radius 1 is 1.00 bits per heavy atom. The van der Waals surface area contributed by atoms with Gasteiger partial charge in [-0.25, -0.2) is 8.42 Å². The van der Waals surface area contributed by atoms with Gasteiger partial charge in [-0.15, -0.1) is 0 Å². The maximum Gasteiger partial charge on any atom is 0.243 e. The van der Waals surface area contributed by atoms with Gasteiger partial charge in [-0.05, 0) is 43.1 Å². The fourth-order valence-electron chi connectivity index (χ4n) is 3.95. The highest BCUT2D eigenvalue weighted by atomic mass is 32.2. The van der Waals surface area contributed by atoms with E-state index in [0.717, 1.165) is 38.0 Å². The number of carbonyl (C=O) groups excluding carboxylic acids is 1. The average Bonchev–Trinajstić information content (AvgIpc) is 3.57. The van der Waals surface area contributed by atoms with Crippen molar-refractivity contribution in [3.63, 3.8) is 0 Å². The first-order valence-electron chi connectivity index (χ1n) is 10.2. The number of benzene rings is 2. The van der Waals surface area contributed by atoms with Crippen molar-refractivity contribution in [1.29, 1.82) is 0 Å². The molecular formula is C22H27N3O3S. The Morgan fingerprint density at radius 3 is 2.31 bits per heavy atom. The molecule has 1 saturated heterocycles. The number of carbonyl (C=O) groups is 1. The number of nitrogens with zero attached hydrogens (tertiary/aromatic N) is 2. The van der Waals surface area contributed by atoms with Crippen LogP contribution in [-0.2, 0) is 20.2 Å². The zero-order valence-corrected chi connectivity index (χ0v) is 17.5. The highest BCUT2D eigenvalue weighted by molar-refractivity contribution is 7.89. The third-order valence-corrected chi connectivity index (χ3v) is 7.91. The minimum atomic E-state index is -3.57. The lowest BCUT2D eigenvalue weighted by Crippen LogP contribution is -2.48. The number of rotatable bonds is 6. The molecule has 1 amide bonds. The Kier molecular flexibility index (Phi) is 5.46. The largest absolute Gasteiger partial charge is 0.325 e. The average molecular weight is 414 g/mol. The molecule has 1 aliphatic heterocycles. The molecule has 2 aromatic carbocycles. The monoisotopic (exact) mass is 413 g/mol. The maximum absolute atomic E-state index is 13.0. The van der Waals surface area contributed by atoms with Crippen molar-refractivity contribution in [3.05, 3.63) is 60.2 Å². The van der Waals surface area contributed by atoms with Gasteiger partial charge in [0.2, 0.25) is 15.9 Å².